The normalized spacial score (nSPS) is 22.7. The van der Waals surface area contributed by atoms with Crippen LogP contribution < -0.4 is 4.90 Å². The molecular weight excluding hydrogens is 294 g/mol. The molecule has 18 heavy (non-hydrogen) atoms. The minimum Gasteiger partial charge on any atom is -0.389 e. The van der Waals surface area contributed by atoms with Crippen molar-refractivity contribution in [2.75, 3.05) is 24.6 Å². The maximum absolute atomic E-state index is 9.89. The van der Waals surface area contributed by atoms with E-state index in [0.29, 0.717) is 0 Å². The van der Waals surface area contributed by atoms with E-state index in [1.165, 1.54) is 0 Å². The summed E-state index contributed by atoms with van der Waals surface area (Å²) in [5.74, 6) is 0. The lowest BCUT2D eigenvalue weighted by Crippen LogP contribution is -2.31. The summed E-state index contributed by atoms with van der Waals surface area (Å²) in [5.41, 5.74) is 2.09. The Hall–Kier alpha value is -0.580. The van der Waals surface area contributed by atoms with Gasteiger partial charge in [0.15, 0.2) is 0 Å². The van der Waals surface area contributed by atoms with Gasteiger partial charge < -0.3 is 14.7 Å². The Morgan fingerprint density at radius 3 is 3.00 bits per heavy atom. The minimum absolute atomic E-state index is 0.230. The second-order valence-electron chi connectivity index (χ2n) is 4.86. The smallest absolute Gasteiger partial charge is 0.0782 e. The molecule has 0 spiro atoms. The quantitative estimate of drug-likeness (QED) is 0.910. The fraction of sp³-hybridized carbons (Fsp3) is 0.571. The molecule has 2 rings (SSSR count). The van der Waals surface area contributed by atoms with Gasteiger partial charge in [-0.25, -0.2) is 0 Å². The minimum atomic E-state index is -0.451. The maximum atomic E-state index is 9.89. The van der Waals surface area contributed by atoms with Crippen LogP contribution in [0.25, 0.3) is 0 Å². The third-order valence-electron chi connectivity index (χ3n) is 3.24. The van der Waals surface area contributed by atoms with E-state index in [0.717, 1.165) is 41.8 Å². The van der Waals surface area contributed by atoms with Crippen molar-refractivity contribution < 1.29 is 9.84 Å². The van der Waals surface area contributed by atoms with Crippen LogP contribution in [0.3, 0.4) is 0 Å². The van der Waals surface area contributed by atoms with E-state index >= 15 is 0 Å². The van der Waals surface area contributed by atoms with E-state index in [-0.39, 0.29) is 6.10 Å². The van der Waals surface area contributed by atoms with E-state index < -0.39 is 6.10 Å². The van der Waals surface area contributed by atoms with Gasteiger partial charge in [-0.05, 0) is 32.4 Å². The fourth-order valence-corrected chi connectivity index (χ4v) is 2.71. The zero-order valence-electron chi connectivity index (χ0n) is 10.9. The van der Waals surface area contributed by atoms with Crippen LogP contribution in [0.2, 0.25) is 0 Å². The molecule has 1 heterocycles. The molecule has 0 radical (unpaired) electrons. The zero-order valence-corrected chi connectivity index (χ0v) is 12.5. The number of nitrogens with zero attached hydrogens (tertiary/aromatic N) is 1. The number of hydrogen-bond acceptors (Lipinski definition) is 3. The molecule has 1 N–H and O–H groups in total. The van der Waals surface area contributed by atoms with Gasteiger partial charge in [-0.15, -0.1) is 0 Å². The average molecular weight is 314 g/mol. The number of rotatable bonds is 2. The lowest BCUT2D eigenvalue weighted by Gasteiger charge is -2.28. The topological polar surface area (TPSA) is 32.7 Å². The Morgan fingerprint density at radius 2 is 2.28 bits per heavy atom. The lowest BCUT2D eigenvalue weighted by molar-refractivity contribution is 0.0820. The van der Waals surface area contributed by atoms with Crippen LogP contribution in [0, 0.1) is 0 Å². The molecule has 1 aliphatic heterocycles. The molecule has 2 atom stereocenters. The van der Waals surface area contributed by atoms with Crippen LogP contribution in [-0.4, -0.2) is 30.9 Å². The van der Waals surface area contributed by atoms with E-state index in [1.807, 2.05) is 19.1 Å². The van der Waals surface area contributed by atoms with Crippen LogP contribution in [-0.2, 0) is 4.74 Å². The second-order valence-corrected chi connectivity index (χ2v) is 5.78. The van der Waals surface area contributed by atoms with Gasteiger partial charge in [-0.2, -0.15) is 0 Å². The molecule has 0 aliphatic carbocycles. The van der Waals surface area contributed by atoms with Gasteiger partial charge in [0, 0.05) is 35.4 Å². The first kappa shape index (κ1) is 13.8. The summed E-state index contributed by atoms with van der Waals surface area (Å²) in [6, 6.07) is 6.05. The predicted octanol–water partition coefficient (Wildman–Crippen LogP) is 3.12. The van der Waals surface area contributed by atoms with Crippen LogP contribution in [0.15, 0.2) is 22.7 Å². The third kappa shape index (κ3) is 3.25. The molecule has 1 fully saturated rings. The van der Waals surface area contributed by atoms with Crippen LogP contribution >= 0.6 is 15.9 Å². The molecule has 0 bridgehead atoms. The molecular formula is C14H20BrNO2. The fourth-order valence-electron chi connectivity index (χ4n) is 2.36. The highest BCUT2D eigenvalue weighted by Gasteiger charge is 2.19. The third-order valence-corrected chi connectivity index (χ3v) is 3.73. The highest BCUT2D eigenvalue weighted by atomic mass is 79.9. The van der Waals surface area contributed by atoms with Gasteiger partial charge in [0.05, 0.1) is 12.2 Å². The number of aliphatic hydroxyl groups excluding tert-OH is 1. The van der Waals surface area contributed by atoms with Crippen molar-refractivity contribution >= 4 is 21.6 Å². The van der Waals surface area contributed by atoms with Crippen molar-refractivity contribution in [2.45, 2.75) is 32.5 Å². The van der Waals surface area contributed by atoms with Gasteiger partial charge in [0.1, 0.15) is 0 Å². The van der Waals surface area contributed by atoms with Crippen molar-refractivity contribution in [3.05, 3.63) is 28.2 Å². The van der Waals surface area contributed by atoms with Gasteiger partial charge in [0.2, 0.25) is 0 Å². The molecule has 0 amide bonds. The number of halogens is 1. The summed E-state index contributed by atoms with van der Waals surface area (Å²) in [7, 11) is 0. The zero-order chi connectivity index (χ0) is 13.1. The van der Waals surface area contributed by atoms with Crippen LogP contribution in [0.1, 0.15) is 31.9 Å². The van der Waals surface area contributed by atoms with Crippen LogP contribution in [0.4, 0.5) is 5.69 Å². The Morgan fingerprint density at radius 1 is 1.50 bits per heavy atom. The number of anilines is 1. The molecule has 3 nitrogen and oxygen atoms in total. The Bertz CT molecular complexity index is 409. The maximum Gasteiger partial charge on any atom is 0.0782 e. The number of benzene rings is 1. The van der Waals surface area contributed by atoms with Crippen molar-refractivity contribution in [2.24, 2.45) is 0 Å². The number of hydrogen-bond donors (Lipinski definition) is 1. The molecule has 1 aromatic rings. The summed E-state index contributed by atoms with van der Waals surface area (Å²) in [6.45, 7) is 6.56. The summed E-state index contributed by atoms with van der Waals surface area (Å²) >= 11 is 3.51. The first-order chi connectivity index (χ1) is 8.58. The van der Waals surface area contributed by atoms with E-state index in [1.54, 1.807) is 0 Å². The lowest BCUT2D eigenvalue weighted by atomic mass is 10.1. The van der Waals surface area contributed by atoms with E-state index in [2.05, 4.69) is 33.8 Å². The molecule has 2 unspecified atom stereocenters. The predicted molar refractivity (Wildman–Crippen MR) is 77.0 cm³/mol. The largest absolute Gasteiger partial charge is 0.389 e. The van der Waals surface area contributed by atoms with Gasteiger partial charge in [-0.3, -0.25) is 0 Å². The summed E-state index contributed by atoms with van der Waals surface area (Å²) in [4.78, 5) is 2.31. The molecule has 4 heteroatoms. The standard InChI is InChI=1S/C14H20BrNO2/c1-10-9-16(6-3-7-18-10)14-8-12(15)4-5-13(14)11(2)17/h4-5,8,10-11,17H,3,6-7,9H2,1-2H3. The molecule has 1 saturated heterocycles. The highest BCUT2D eigenvalue weighted by molar-refractivity contribution is 9.10. The van der Waals surface area contributed by atoms with Crippen molar-refractivity contribution in [1.29, 1.82) is 0 Å². The molecule has 100 valence electrons. The molecule has 1 aromatic carbocycles. The second kappa shape index (κ2) is 6.04. The SMILES string of the molecule is CC1CN(c2cc(Br)ccc2C(C)O)CCCO1. The van der Waals surface area contributed by atoms with Crippen molar-refractivity contribution in [1.82, 2.24) is 0 Å². The Balaban J connectivity index is 2.32. The first-order valence-corrected chi connectivity index (χ1v) is 7.21. The molecule has 0 saturated carbocycles. The summed E-state index contributed by atoms with van der Waals surface area (Å²) < 4.78 is 6.71. The first-order valence-electron chi connectivity index (χ1n) is 6.42. The van der Waals surface area contributed by atoms with Crippen LogP contribution in [0.5, 0.6) is 0 Å². The van der Waals surface area contributed by atoms with E-state index in [9.17, 15) is 5.11 Å². The van der Waals surface area contributed by atoms with E-state index in [4.69, 9.17) is 4.74 Å². The molecule has 1 aliphatic rings. The van der Waals surface area contributed by atoms with Gasteiger partial charge >= 0.3 is 0 Å². The summed E-state index contributed by atoms with van der Waals surface area (Å²) in [6.07, 6.45) is 0.803. The van der Waals surface area contributed by atoms with Crippen molar-refractivity contribution in [3.63, 3.8) is 0 Å². The average Bonchev–Trinajstić information content (AvgIpc) is 2.53. The summed E-state index contributed by atoms with van der Waals surface area (Å²) in [5, 5.41) is 9.89. The number of ether oxygens (including phenoxy) is 1. The van der Waals surface area contributed by atoms with Gasteiger partial charge in [-0.1, -0.05) is 22.0 Å². The van der Waals surface area contributed by atoms with Crippen molar-refractivity contribution in [3.8, 4) is 0 Å². The van der Waals surface area contributed by atoms with Gasteiger partial charge in [0.25, 0.3) is 0 Å². The Kier molecular flexibility index (Phi) is 4.65. The number of aliphatic hydroxyl groups is 1. The Labute approximate surface area is 117 Å². The highest BCUT2D eigenvalue weighted by Crippen LogP contribution is 2.30. The molecule has 0 aromatic heterocycles. The monoisotopic (exact) mass is 313 g/mol.